The molecule has 0 spiro atoms. The van der Waals surface area contributed by atoms with E-state index in [0.717, 1.165) is 11.6 Å². The summed E-state index contributed by atoms with van der Waals surface area (Å²) in [6, 6.07) is 3.69. The van der Waals surface area contributed by atoms with Crippen LogP contribution in [0.1, 0.15) is 23.5 Å². The van der Waals surface area contributed by atoms with E-state index in [9.17, 15) is 0 Å². The Balaban J connectivity index is 1.72. The summed E-state index contributed by atoms with van der Waals surface area (Å²) < 4.78 is 12.4. The first-order valence-corrected chi connectivity index (χ1v) is 6.34. The van der Waals surface area contributed by atoms with Gasteiger partial charge in [0.1, 0.15) is 17.6 Å². The number of aromatic nitrogens is 4. The SMILES string of the molecule is Cn1ccnc1C(NCCc1ncno1)c1ccco1. The Hall–Kier alpha value is -2.41. The Labute approximate surface area is 115 Å². The summed E-state index contributed by atoms with van der Waals surface area (Å²) in [7, 11) is 1.96. The monoisotopic (exact) mass is 273 g/mol. The number of aryl methyl sites for hydroxylation is 1. The first kappa shape index (κ1) is 12.6. The van der Waals surface area contributed by atoms with E-state index in [4.69, 9.17) is 8.94 Å². The molecular formula is C13H15N5O2. The summed E-state index contributed by atoms with van der Waals surface area (Å²) in [6.07, 6.45) is 7.39. The lowest BCUT2D eigenvalue weighted by Gasteiger charge is -2.15. The molecule has 0 aromatic carbocycles. The van der Waals surface area contributed by atoms with E-state index in [0.29, 0.717) is 18.9 Å². The topological polar surface area (TPSA) is 81.9 Å². The molecule has 0 amide bonds. The molecule has 1 N–H and O–H groups in total. The number of nitrogens with zero attached hydrogens (tertiary/aromatic N) is 4. The second kappa shape index (κ2) is 5.70. The van der Waals surface area contributed by atoms with E-state index < -0.39 is 0 Å². The van der Waals surface area contributed by atoms with Gasteiger partial charge >= 0.3 is 0 Å². The molecule has 3 heterocycles. The maximum absolute atomic E-state index is 5.49. The van der Waals surface area contributed by atoms with Gasteiger partial charge in [0.15, 0.2) is 6.33 Å². The smallest absolute Gasteiger partial charge is 0.227 e. The van der Waals surface area contributed by atoms with Gasteiger partial charge in [0, 0.05) is 32.4 Å². The summed E-state index contributed by atoms with van der Waals surface area (Å²) in [5, 5.41) is 6.98. The molecular weight excluding hydrogens is 258 g/mol. The predicted octanol–water partition coefficient (Wildman–Crippen LogP) is 1.32. The maximum Gasteiger partial charge on any atom is 0.227 e. The summed E-state index contributed by atoms with van der Waals surface area (Å²) in [4.78, 5) is 8.37. The minimum atomic E-state index is -0.104. The lowest BCUT2D eigenvalue weighted by Crippen LogP contribution is -2.26. The zero-order valence-corrected chi connectivity index (χ0v) is 11.1. The van der Waals surface area contributed by atoms with Gasteiger partial charge in [0.2, 0.25) is 5.89 Å². The van der Waals surface area contributed by atoms with Crippen molar-refractivity contribution >= 4 is 0 Å². The predicted molar refractivity (Wildman–Crippen MR) is 69.8 cm³/mol. The van der Waals surface area contributed by atoms with E-state index in [-0.39, 0.29) is 6.04 Å². The first-order valence-electron chi connectivity index (χ1n) is 6.34. The number of nitrogens with one attached hydrogen (secondary N) is 1. The Bertz CT molecular complexity index is 630. The number of rotatable bonds is 6. The molecule has 7 heteroatoms. The highest BCUT2D eigenvalue weighted by Gasteiger charge is 2.20. The Kier molecular flexibility index (Phi) is 3.60. The largest absolute Gasteiger partial charge is 0.467 e. The molecule has 0 bridgehead atoms. The third-order valence-electron chi connectivity index (χ3n) is 3.04. The van der Waals surface area contributed by atoms with Crippen LogP contribution in [0.25, 0.3) is 0 Å². The quantitative estimate of drug-likeness (QED) is 0.729. The van der Waals surface area contributed by atoms with Crippen LogP contribution in [-0.4, -0.2) is 26.2 Å². The maximum atomic E-state index is 5.49. The molecule has 0 fully saturated rings. The molecule has 20 heavy (non-hydrogen) atoms. The molecule has 0 radical (unpaired) electrons. The highest BCUT2D eigenvalue weighted by molar-refractivity contribution is 5.15. The van der Waals surface area contributed by atoms with Crippen LogP contribution in [-0.2, 0) is 13.5 Å². The van der Waals surface area contributed by atoms with Gasteiger partial charge in [0.05, 0.1) is 6.26 Å². The molecule has 104 valence electrons. The van der Waals surface area contributed by atoms with Crippen LogP contribution in [0, 0.1) is 0 Å². The molecule has 7 nitrogen and oxygen atoms in total. The number of hydrogen-bond acceptors (Lipinski definition) is 6. The van der Waals surface area contributed by atoms with Crippen molar-refractivity contribution in [1.82, 2.24) is 25.0 Å². The highest BCUT2D eigenvalue weighted by Crippen LogP contribution is 2.20. The molecule has 1 atom stereocenters. The minimum Gasteiger partial charge on any atom is -0.467 e. The fourth-order valence-electron chi connectivity index (χ4n) is 2.06. The van der Waals surface area contributed by atoms with Gasteiger partial charge in [-0.15, -0.1) is 0 Å². The van der Waals surface area contributed by atoms with Gasteiger partial charge in [-0.2, -0.15) is 4.98 Å². The van der Waals surface area contributed by atoms with Gasteiger partial charge in [0.25, 0.3) is 0 Å². The molecule has 3 aromatic heterocycles. The second-order valence-electron chi connectivity index (χ2n) is 4.38. The molecule has 3 aromatic rings. The van der Waals surface area contributed by atoms with Crippen LogP contribution in [0.4, 0.5) is 0 Å². The molecule has 0 aliphatic heterocycles. The van der Waals surface area contributed by atoms with Gasteiger partial charge in [-0.25, -0.2) is 4.98 Å². The van der Waals surface area contributed by atoms with Gasteiger partial charge in [-0.3, -0.25) is 0 Å². The van der Waals surface area contributed by atoms with Crippen molar-refractivity contribution < 1.29 is 8.94 Å². The Morgan fingerprint density at radius 1 is 1.40 bits per heavy atom. The van der Waals surface area contributed by atoms with Gasteiger partial charge in [-0.05, 0) is 12.1 Å². The molecule has 0 saturated carbocycles. The molecule has 0 aliphatic rings. The number of imidazole rings is 1. The van der Waals surface area contributed by atoms with Crippen LogP contribution in [0.15, 0.2) is 46.1 Å². The average Bonchev–Trinajstić information content (AvgIpc) is 3.18. The second-order valence-corrected chi connectivity index (χ2v) is 4.38. The summed E-state index contributed by atoms with van der Waals surface area (Å²) in [5.74, 6) is 2.32. The molecule has 3 rings (SSSR count). The summed E-state index contributed by atoms with van der Waals surface area (Å²) in [6.45, 7) is 0.681. The van der Waals surface area contributed by atoms with Crippen LogP contribution in [0.2, 0.25) is 0 Å². The van der Waals surface area contributed by atoms with Crippen molar-refractivity contribution in [2.24, 2.45) is 7.05 Å². The summed E-state index contributed by atoms with van der Waals surface area (Å²) >= 11 is 0. The van der Waals surface area contributed by atoms with Crippen molar-refractivity contribution in [2.45, 2.75) is 12.5 Å². The van der Waals surface area contributed by atoms with E-state index >= 15 is 0 Å². The van der Waals surface area contributed by atoms with Gasteiger partial charge in [-0.1, -0.05) is 5.16 Å². The first-order chi connectivity index (χ1) is 9.84. The lowest BCUT2D eigenvalue weighted by atomic mass is 10.2. The standard InChI is InChI=1S/C13H15N5O2/c1-18-7-6-15-13(18)12(10-3-2-8-19-10)14-5-4-11-16-9-17-20-11/h2-3,6-9,12,14H,4-5H2,1H3. The normalized spacial score (nSPS) is 12.7. The minimum absolute atomic E-state index is 0.104. The third kappa shape index (κ3) is 2.62. The van der Waals surface area contributed by atoms with E-state index in [1.165, 1.54) is 6.33 Å². The average molecular weight is 273 g/mol. The van der Waals surface area contributed by atoms with E-state index in [1.54, 1.807) is 12.5 Å². The third-order valence-corrected chi connectivity index (χ3v) is 3.04. The zero-order chi connectivity index (χ0) is 13.8. The number of furan rings is 1. The van der Waals surface area contributed by atoms with Crippen molar-refractivity contribution in [3.05, 3.63) is 54.6 Å². The van der Waals surface area contributed by atoms with Crippen molar-refractivity contribution in [3.8, 4) is 0 Å². The molecule has 0 saturated heterocycles. The van der Waals surface area contributed by atoms with Crippen LogP contribution < -0.4 is 5.32 Å². The van der Waals surface area contributed by atoms with Crippen LogP contribution in [0.5, 0.6) is 0 Å². The van der Waals surface area contributed by atoms with Crippen molar-refractivity contribution in [3.63, 3.8) is 0 Å². The van der Waals surface area contributed by atoms with Crippen molar-refractivity contribution in [2.75, 3.05) is 6.54 Å². The fraction of sp³-hybridized carbons (Fsp3) is 0.308. The number of hydrogen-bond donors (Lipinski definition) is 1. The fourth-order valence-corrected chi connectivity index (χ4v) is 2.06. The Morgan fingerprint density at radius 3 is 3.00 bits per heavy atom. The highest BCUT2D eigenvalue weighted by atomic mass is 16.5. The van der Waals surface area contributed by atoms with Gasteiger partial charge < -0.3 is 18.8 Å². The zero-order valence-electron chi connectivity index (χ0n) is 11.1. The Morgan fingerprint density at radius 2 is 2.35 bits per heavy atom. The summed E-state index contributed by atoms with van der Waals surface area (Å²) in [5.41, 5.74) is 0. The molecule has 1 unspecified atom stereocenters. The van der Waals surface area contributed by atoms with Crippen LogP contribution >= 0.6 is 0 Å². The van der Waals surface area contributed by atoms with Crippen LogP contribution in [0.3, 0.4) is 0 Å². The van der Waals surface area contributed by atoms with E-state index in [1.807, 2.05) is 29.9 Å². The molecule has 0 aliphatic carbocycles. The van der Waals surface area contributed by atoms with E-state index in [2.05, 4.69) is 20.4 Å². The van der Waals surface area contributed by atoms with Crippen molar-refractivity contribution in [1.29, 1.82) is 0 Å². The lowest BCUT2D eigenvalue weighted by molar-refractivity contribution is 0.368.